The van der Waals surface area contributed by atoms with Gasteiger partial charge in [-0.25, -0.2) is 13.1 Å². The van der Waals surface area contributed by atoms with Crippen molar-refractivity contribution >= 4 is 10.0 Å². The first-order valence-corrected chi connectivity index (χ1v) is 8.33. The van der Waals surface area contributed by atoms with Gasteiger partial charge in [-0.05, 0) is 19.8 Å². The van der Waals surface area contributed by atoms with E-state index in [1.165, 1.54) is 0 Å². The minimum Gasteiger partial charge on any atom is -0.378 e. The van der Waals surface area contributed by atoms with E-state index in [0.717, 1.165) is 12.8 Å². The van der Waals surface area contributed by atoms with E-state index in [0.29, 0.717) is 24.5 Å². The van der Waals surface area contributed by atoms with Crippen molar-refractivity contribution < 1.29 is 13.2 Å². The number of aromatic nitrogens is 2. The Balaban J connectivity index is 2.09. The Bertz CT molecular complexity index is 555. The molecule has 0 bridgehead atoms. The predicted octanol–water partition coefficient (Wildman–Crippen LogP) is 0.270. The molecule has 114 valence electrons. The van der Waals surface area contributed by atoms with Crippen LogP contribution in [0.25, 0.3) is 0 Å². The molecule has 1 aliphatic rings. The maximum Gasteiger partial charge on any atom is 0.244 e. The largest absolute Gasteiger partial charge is 0.378 e. The van der Waals surface area contributed by atoms with Crippen molar-refractivity contribution in [2.45, 2.75) is 44.2 Å². The Morgan fingerprint density at radius 3 is 2.95 bits per heavy atom. The lowest BCUT2D eigenvalue weighted by molar-refractivity contribution is 0.0884. The molecule has 4 N–H and O–H groups in total. The molecule has 0 radical (unpaired) electrons. The van der Waals surface area contributed by atoms with E-state index in [-0.39, 0.29) is 23.5 Å². The standard InChI is InChI=1S/C12H22N4O3S/c1-3-11-9(4-5-19-11)7-14-20(17,18)12-8(2)15-16-10(12)6-13/h9,11,14H,3-7,13H2,1-2H3,(H,15,16). The highest BCUT2D eigenvalue weighted by molar-refractivity contribution is 7.89. The Hall–Kier alpha value is -0.960. The summed E-state index contributed by atoms with van der Waals surface area (Å²) < 4.78 is 33.0. The van der Waals surface area contributed by atoms with Gasteiger partial charge in [-0.15, -0.1) is 0 Å². The van der Waals surface area contributed by atoms with Gasteiger partial charge in [-0.3, -0.25) is 5.10 Å². The molecule has 20 heavy (non-hydrogen) atoms. The van der Waals surface area contributed by atoms with E-state index >= 15 is 0 Å². The Labute approximate surface area is 119 Å². The second kappa shape index (κ2) is 6.21. The zero-order chi connectivity index (χ0) is 14.8. The average Bonchev–Trinajstić information content (AvgIpc) is 3.02. The molecule has 0 aromatic carbocycles. The Morgan fingerprint density at radius 1 is 1.55 bits per heavy atom. The van der Waals surface area contributed by atoms with Crippen LogP contribution in [0.2, 0.25) is 0 Å². The van der Waals surface area contributed by atoms with Gasteiger partial charge in [0.15, 0.2) is 0 Å². The van der Waals surface area contributed by atoms with Crippen LogP contribution in [0.5, 0.6) is 0 Å². The van der Waals surface area contributed by atoms with Crippen LogP contribution >= 0.6 is 0 Å². The van der Waals surface area contributed by atoms with Crippen molar-refractivity contribution in [2.24, 2.45) is 11.7 Å². The number of nitrogens with zero attached hydrogens (tertiary/aromatic N) is 1. The zero-order valence-corrected chi connectivity index (χ0v) is 12.7. The Morgan fingerprint density at radius 2 is 2.30 bits per heavy atom. The summed E-state index contributed by atoms with van der Waals surface area (Å²) in [5.74, 6) is 0.225. The van der Waals surface area contributed by atoms with Gasteiger partial charge in [0.05, 0.1) is 17.5 Å². The molecule has 1 saturated heterocycles. The first-order valence-electron chi connectivity index (χ1n) is 6.84. The molecule has 7 nitrogen and oxygen atoms in total. The quantitative estimate of drug-likeness (QED) is 0.698. The molecular formula is C12H22N4O3S. The number of rotatable bonds is 6. The third kappa shape index (κ3) is 3.03. The van der Waals surface area contributed by atoms with Gasteiger partial charge < -0.3 is 10.5 Å². The summed E-state index contributed by atoms with van der Waals surface area (Å²) in [5, 5.41) is 6.59. The van der Waals surface area contributed by atoms with E-state index in [2.05, 4.69) is 14.9 Å². The second-order valence-corrected chi connectivity index (χ2v) is 6.75. The molecule has 2 unspecified atom stereocenters. The summed E-state index contributed by atoms with van der Waals surface area (Å²) in [6, 6.07) is 0. The lowest BCUT2D eigenvalue weighted by Crippen LogP contribution is -2.33. The van der Waals surface area contributed by atoms with Gasteiger partial charge in [0.1, 0.15) is 4.90 Å². The first kappa shape index (κ1) is 15.4. The number of hydrogen-bond donors (Lipinski definition) is 3. The summed E-state index contributed by atoms with van der Waals surface area (Å²) in [4.78, 5) is 0.173. The molecule has 2 atom stereocenters. The molecule has 1 fully saturated rings. The fourth-order valence-corrected chi connectivity index (χ4v) is 4.10. The summed E-state index contributed by atoms with van der Waals surface area (Å²) >= 11 is 0. The third-order valence-corrected chi connectivity index (χ3v) is 5.33. The number of ether oxygens (including phenoxy) is 1. The monoisotopic (exact) mass is 302 g/mol. The van der Waals surface area contributed by atoms with Crippen molar-refractivity contribution in [3.63, 3.8) is 0 Å². The van der Waals surface area contributed by atoms with E-state index in [9.17, 15) is 8.42 Å². The molecule has 1 aromatic heterocycles. The van der Waals surface area contributed by atoms with Gasteiger partial charge in [-0.2, -0.15) is 5.10 Å². The van der Waals surface area contributed by atoms with Gasteiger partial charge >= 0.3 is 0 Å². The summed E-state index contributed by atoms with van der Waals surface area (Å²) in [6.45, 7) is 4.89. The van der Waals surface area contributed by atoms with Crippen LogP contribution in [0.4, 0.5) is 0 Å². The smallest absolute Gasteiger partial charge is 0.244 e. The van der Waals surface area contributed by atoms with E-state index in [1.54, 1.807) is 6.92 Å². The number of nitrogens with one attached hydrogen (secondary N) is 2. The molecule has 2 rings (SSSR count). The van der Waals surface area contributed by atoms with Crippen LogP contribution in [0.15, 0.2) is 4.90 Å². The topological polar surface area (TPSA) is 110 Å². The number of nitrogens with two attached hydrogens (primary N) is 1. The highest BCUT2D eigenvalue weighted by atomic mass is 32.2. The van der Waals surface area contributed by atoms with Crippen LogP contribution in [0.1, 0.15) is 31.2 Å². The van der Waals surface area contributed by atoms with Crippen molar-refractivity contribution in [1.82, 2.24) is 14.9 Å². The number of aromatic amines is 1. The molecule has 0 aliphatic carbocycles. The molecular weight excluding hydrogens is 280 g/mol. The molecule has 2 heterocycles. The van der Waals surface area contributed by atoms with Crippen molar-refractivity contribution in [3.05, 3.63) is 11.4 Å². The zero-order valence-electron chi connectivity index (χ0n) is 11.8. The fourth-order valence-electron chi connectivity index (χ4n) is 2.63. The van der Waals surface area contributed by atoms with Crippen LogP contribution in [0.3, 0.4) is 0 Å². The Kier molecular flexibility index (Phi) is 4.79. The number of H-pyrrole nitrogens is 1. The van der Waals surface area contributed by atoms with Crippen molar-refractivity contribution in [2.75, 3.05) is 13.2 Å². The fraction of sp³-hybridized carbons (Fsp3) is 0.750. The van der Waals surface area contributed by atoms with Crippen molar-refractivity contribution in [1.29, 1.82) is 0 Å². The van der Waals surface area contributed by atoms with E-state index in [4.69, 9.17) is 10.5 Å². The summed E-state index contributed by atoms with van der Waals surface area (Å²) in [7, 11) is -3.59. The maximum absolute atomic E-state index is 12.4. The average molecular weight is 302 g/mol. The molecule has 0 spiro atoms. The SMILES string of the molecule is CCC1OCCC1CNS(=O)(=O)c1c(CN)n[nH]c1C. The lowest BCUT2D eigenvalue weighted by atomic mass is 10.0. The normalized spacial score (nSPS) is 23.4. The maximum atomic E-state index is 12.4. The van der Waals surface area contributed by atoms with Gasteiger partial charge in [0.2, 0.25) is 10.0 Å². The van der Waals surface area contributed by atoms with Crippen LogP contribution in [-0.4, -0.2) is 37.9 Å². The number of hydrogen-bond acceptors (Lipinski definition) is 5. The second-order valence-electron chi connectivity index (χ2n) is 5.05. The molecule has 0 amide bonds. The number of aryl methyl sites for hydroxylation is 1. The molecule has 0 saturated carbocycles. The lowest BCUT2D eigenvalue weighted by Gasteiger charge is -2.17. The van der Waals surface area contributed by atoms with E-state index < -0.39 is 10.0 Å². The van der Waals surface area contributed by atoms with Gasteiger partial charge in [0.25, 0.3) is 0 Å². The molecule has 1 aromatic rings. The molecule has 8 heteroatoms. The minimum absolute atomic E-state index is 0.0880. The highest BCUT2D eigenvalue weighted by Gasteiger charge is 2.30. The summed E-state index contributed by atoms with van der Waals surface area (Å²) in [5.41, 5.74) is 6.40. The minimum atomic E-state index is -3.59. The van der Waals surface area contributed by atoms with Crippen LogP contribution in [-0.2, 0) is 21.3 Å². The van der Waals surface area contributed by atoms with Crippen molar-refractivity contribution in [3.8, 4) is 0 Å². The van der Waals surface area contributed by atoms with Gasteiger partial charge in [-0.1, -0.05) is 6.92 Å². The summed E-state index contributed by atoms with van der Waals surface area (Å²) in [6.07, 6.45) is 1.91. The first-order chi connectivity index (χ1) is 9.49. The van der Waals surface area contributed by atoms with Gasteiger partial charge in [0, 0.05) is 25.6 Å². The number of sulfonamides is 1. The molecule has 1 aliphatic heterocycles. The van der Waals surface area contributed by atoms with Crippen LogP contribution < -0.4 is 10.5 Å². The van der Waals surface area contributed by atoms with Crippen LogP contribution in [0, 0.1) is 12.8 Å². The van der Waals surface area contributed by atoms with E-state index in [1.807, 2.05) is 6.92 Å². The predicted molar refractivity (Wildman–Crippen MR) is 74.5 cm³/mol. The highest BCUT2D eigenvalue weighted by Crippen LogP contribution is 2.24. The third-order valence-electron chi connectivity index (χ3n) is 3.71.